The number of ether oxygens (including phenoxy) is 1. The summed E-state index contributed by atoms with van der Waals surface area (Å²) in [5, 5.41) is 52.1. The summed E-state index contributed by atoms with van der Waals surface area (Å²) in [5.41, 5.74) is 0. The molecule has 0 bridgehead atoms. The minimum absolute atomic E-state index is 0.424. The number of halogens is 8. The summed E-state index contributed by atoms with van der Waals surface area (Å²) in [6.07, 6.45) is -20.2. The van der Waals surface area contributed by atoms with Gasteiger partial charge in [0.15, 0.2) is 0 Å². The van der Waals surface area contributed by atoms with Crippen molar-refractivity contribution in [1.82, 2.24) is 0 Å². The van der Waals surface area contributed by atoms with E-state index in [1.807, 2.05) is 0 Å². The van der Waals surface area contributed by atoms with Crippen molar-refractivity contribution in [3.63, 3.8) is 0 Å². The number of aliphatic hydroxyl groups is 7. The van der Waals surface area contributed by atoms with Crippen LogP contribution in [0, 0.1) is 0 Å². The number of rotatable bonds is 6. The van der Waals surface area contributed by atoms with Crippen molar-refractivity contribution in [1.29, 1.82) is 0 Å². The Labute approximate surface area is 127 Å². The van der Waals surface area contributed by atoms with Gasteiger partial charge < -0.3 is 40.5 Å². The van der Waals surface area contributed by atoms with E-state index >= 15 is 0 Å². The van der Waals surface area contributed by atoms with E-state index in [0.29, 0.717) is 0 Å². The molecule has 0 amide bonds. The highest BCUT2D eigenvalue weighted by Gasteiger charge is 2.54. The second kappa shape index (κ2) is 10.9. The van der Waals surface area contributed by atoms with Crippen LogP contribution in [0.25, 0.3) is 0 Å². The summed E-state index contributed by atoms with van der Waals surface area (Å²) >= 11 is 0. The van der Waals surface area contributed by atoms with E-state index in [2.05, 4.69) is 4.74 Å². The quantitative estimate of drug-likeness (QED) is 0.217. The van der Waals surface area contributed by atoms with Crippen LogP contribution in [0.1, 0.15) is 0 Å². The Balaban J connectivity index is -0.000000298. The average Bonchev–Trinajstić information content (AvgIpc) is 2.22. The topological polar surface area (TPSA) is 151 Å². The molecule has 0 rings (SSSR count). The third kappa shape index (κ3) is 29.2. The predicted molar refractivity (Wildman–Crippen MR) is 54.8 cm³/mol. The van der Waals surface area contributed by atoms with E-state index in [0.717, 1.165) is 0 Å². The smallest absolute Gasteiger partial charge is 0.394 e. The number of aliphatic hydroxyl groups excluding tert-OH is 2. The van der Waals surface area contributed by atoms with Gasteiger partial charge in [0.2, 0.25) is 0 Å². The fourth-order valence-electron chi connectivity index (χ4n) is 0.370. The van der Waals surface area contributed by atoms with E-state index in [4.69, 9.17) is 35.7 Å². The Hall–Kier alpha value is -0.880. The number of alkyl halides is 8. The lowest BCUT2D eigenvalue weighted by atomic mass is 10.4. The standard InChI is InChI=1S/C5H10F2O4.C2H2F4O2.CH2F2O2/c6-5(7,10)3-11-2-4(9)1-8;3-1(4,7)2(5,6)8;2-1(3,4)5/h4,8-10H,1-3H2;7-8H;4-5H. The Kier molecular flexibility index (Phi) is 12.7. The SMILES string of the molecule is OC(F)(F)C(O)(F)F.OC(O)(F)F.OCC(O)COCC(O)(F)F. The molecule has 0 saturated carbocycles. The van der Waals surface area contributed by atoms with Gasteiger partial charge in [-0.15, -0.1) is 8.78 Å². The van der Waals surface area contributed by atoms with E-state index in [-0.39, 0.29) is 0 Å². The molecule has 7 N–H and O–H groups in total. The van der Waals surface area contributed by atoms with E-state index < -0.39 is 50.5 Å². The van der Waals surface area contributed by atoms with Crippen molar-refractivity contribution in [3.8, 4) is 0 Å². The van der Waals surface area contributed by atoms with Crippen molar-refractivity contribution < 1.29 is 75.6 Å². The maximum atomic E-state index is 11.6. The molecule has 0 aliphatic rings. The minimum Gasteiger partial charge on any atom is -0.394 e. The zero-order chi connectivity index (χ0) is 20.4. The molecule has 8 nitrogen and oxygen atoms in total. The molecule has 0 aromatic rings. The highest BCUT2D eigenvalue weighted by molar-refractivity contribution is 4.58. The monoisotopic (exact) mass is 390 g/mol. The molecule has 0 radical (unpaired) electrons. The lowest BCUT2D eigenvalue weighted by Crippen LogP contribution is -2.39. The van der Waals surface area contributed by atoms with Crippen molar-refractivity contribution in [2.24, 2.45) is 0 Å². The fraction of sp³-hybridized carbons (Fsp3) is 1.00. The Morgan fingerprint density at radius 3 is 1.21 bits per heavy atom. The molecule has 0 fully saturated rings. The van der Waals surface area contributed by atoms with Gasteiger partial charge in [0.05, 0.1) is 13.2 Å². The van der Waals surface area contributed by atoms with Crippen molar-refractivity contribution in [3.05, 3.63) is 0 Å². The van der Waals surface area contributed by atoms with Gasteiger partial charge in [-0.1, -0.05) is 0 Å². The number of hydrogen-bond acceptors (Lipinski definition) is 8. The van der Waals surface area contributed by atoms with Gasteiger partial charge in [0.1, 0.15) is 12.7 Å². The highest BCUT2D eigenvalue weighted by Crippen LogP contribution is 2.27. The molecule has 0 aromatic carbocycles. The Morgan fingerprint density at radius 1 is 0.750 bits per heavy atom. The molecule has 150 valence electrons. The number of hydrogen-bond donors (Lipinski definition) is 7. The van der Waals surface area contributed by atoms with E-state index in [1.54, 1.807) is 0 Å². The molecule has 1 atom stereocenters. The fourth-order valence-corrected chi connectivity index (χ4v) is 0.370. The van der Waals surface area contributed by atoms with Crippen LogP contribution in [-0.2, 0) is 4.74 Å². The molecule has 0 spiro atoms. The zero-order valence-corrected chi connectivity index (χ0v) is 11.3. The summed E-state index contributed by atoms with van der Waals surface area (Å²) in [6, 6.07) is 0. The lowest BCUT2D eigenvalue weighted by molar-refractivity contribution is -0.404. The normalized spacial score (nSPS) is 14.1. The second-order valence-electron chi connectivity index (χ2n) is 3.61. The maximum Gasteiger partial charge on any atom is 0.480 e. The first-order valence-corrected chi connectivity index (χ1v) is 5.20. The maximum absolute atomic E-state index is 11.6. The summed E-state index contributed by atoms with van der Waals surface area (Å²) in [6.45, 7) is -2.16. The van der Waals surface area contributed by atoms with Gasteiger partial charge in [-0.2, -0.15) is 26.3 Å². The molecule has 24 heavy (non-hydrogen) atoms. The van der Waals surface area contributed by atoms with Crippen molar-refractivity contribution in [2.75, 3.05) is 19.8 Å². The van der Waals surface area contributed by atoms with Gasteiger partial charge in [-0.05, 0) is 0 Å². The van der Waals surface area contributed by atoms with Gasteiger partial charge in [-0.3, -0.25) is 0 Å². The molecular weight excluding hydrogens is 376 g/mol. The van der Waals surface area contributed by atoms with Crippen LogP contribution in [0.3, 0.4) is 0 Å². The summed E-state index contributed by atoms with van der Waals surface area (Å²) in [7, 11) is 0. The summed E-state index contributed by atoms with van der Waals surface area (Å²) in [5.74, 6) is 0. The van der Waals surface area contributed by atoms with Gasteiger partial charge >= 0.3 is 24.6 Å². The van der Waals surface area contributed by atoms with Gasteiger partial charge in [-0.25, -0.2) is 0 Å². The van der Waals surface area contributed by atoms with Crippen LogP contribution in [0.15, 0.2) is 0 Å². The molecule has 0 saturated heterocycles. The molecule has 0 heterocycles. The van der Waals surface area contributed by atoms with Crippen LogP contribution in [0.5, 0.6) is 0 Å². The predicted octanol–water partition coefficient (Wildman–Crippen LogP) is -1.38. The van der Waals surface area contributed by atoms with Crippen LogP contribution >= 0.6 is 0 Å². The van der Waals surface area contributed by atoms with E-state index in [1.165, 1.54) is 0 Å². The molecule has 0 aliphatic carbocycles. The average molecular weight is 390 g/mol. The minimum atomic E-state index is -5.34. The highest BCUT2D eigenvalue weighted by atomic mass is 19.3. The molecule has 0 aliphatic heterocycles. The van der Waals surface area contributed by atoms with E-state index in [9.17, 15) is 35.1 Å². The first kappa shape index (κ1) is 27.9. The van der Waals surface area contributed by atoms with Gasteiger partial charge in [0.25, 0.3) is 0 Å². The van der Waals surface area contributed by atoms with Gasteiger partial charge in [0, 0.05) is 0 Å². The van der Waals surface area contributed by atoms with Crippen LogP contribution in [0.2, 0.25) is 0 Å². The Bertz CT molecular complexity index is 289. The molecule has 1 unspecified atom stereocenters. The Morgan fingerprint density at radius 2 is 1.04 bits per heavy atom. The first-order chi connectivity index (χ1) is 10.2. The molecule has 16 heteroatoms. The largest absolute Gasteiger partial charge is 0.480 e. The van der Waals surface area contributed by atoms with Crippen molar-refractivity contribution >= 4 is 0 Å². The first-order valence-electron chi connectivity index (χ1n) is 5.20. The zero-order valence-electron chi connectivity index (χ0n) is 11.3. The van der Waals surface area contributed by atoms with Crippen molar-refractivity contribution in [2.45, 2.75) is 30.7 Å². The second-order valence-corrected chi connectivity index (χ2v) is 3.61. The summed E-state index contributed by atoms with van der Waals surface area (Å²) in [4.78, 5) is 0. The lowest BCUT2D eigenvalue weighted by Gasteiger charge is -2.13. The third-order valence-corrected chi connectivity index (χ3v) is 1.16. The summed E-state index contributed by atoms with van der Waals surface area (Å²) < 4.78 is 90.7. The van der Waals surface area contributed by atoms with Crippen LogP contribution < -0.4 is 0 Å². The van der Waals surface area contributed by atoms with Crippen LogP contribution in [0.4, 0.5) is 35.1 Å². The van der Waals surface area contributed by atoms with Crippen LogP contribution in [-0.4, -0.2) is 86.3 Å². The third-order valence-electron chi connectivity index (χ3n) is 1.16. The molecule has 0 aromatic heterocycles. The molecular formula is C8H14F8O8.